The molecule has 0 aliphatic carbocycles. The van der Waals surface area contributed by atoms with Gasteiger partial charge >= 0.3 is 5.97 Å². The lowest BCUT2D eigenvalue weighted by molar-refractivity contribution is -0.138. The van der Waals surface area contributed by atoms with Crippen molar-refractivity contribution in [3.63, 3.8) is 0 Å². The summed E-state index contributed by atoms with van der Waals surface area (Å²) >= 11 is 5.82. The van der Waals surface area contributed by atoms with Crippen LogP contribution in [0.3, 0.4) is 0 Å². The summed E-state index contributed by atoms with van der Waals surface area (Å²) in [6.07, 6.45) is 2.05. The quantitative estimate of drug-likeness (QED) is 0.810. The molecule has 1 aromatic rings. The first-order valence-electron chi connectivity index (χ1n) is 4.82. The first-order chi connectivity index (χ1) is 7.09. The molecule has 1 unspecified atom stereocenters. The zero-order chi connectivity index (χ0) is 11.3. The van der Waals surface area contributed by atoms with E-state index in [1.165, 1.54) is 0 Å². The molecule has 1 rings (SSSR count). The number of aliphatic carboxylic acids is 1. The summed E-state index contributed by atoms with van der Waals surface area (Å²) in [7, 11) is 0. The molecule has 0 radical (unpaired) electrons. The molecule has 0 heterocycles. The number of rotatable bonds is 5. The molecule has 0 amide bonds. The van der Waals surface area contributed by atoms with Crippen LogP contribution >= 0.6 is 11.6 Å². The van der Waals surface area contributed by atoms with Crippen molar-refractivity contribution in [3.8, 4) is 0 Å². The highest BCUT2D eigenvalue weighted by atomic mass is 35.5. The van der Waals surface area contributed by atoms with Crippen LogP contribution in [0.4, 0.5) is 0 Å². The van der Waals surface area contributed by atoms with Gasteiger partial charge in [0.15, 0.2) is 0 Å². The van der Waals surface area contributed by atoms with E-state index in [-0.39, 0.29) is 0 Å². The summed E-state index contributed by atoms with van der Waals surface area (Å²) < 4.78 is 0. The second-order valence-electron chi connectivity index (χ2n) is 3.47. The fourth-order valence-corrected chi connectivity index (χ4v) is 1.55. The van der Waals surface area contributed by atoms with Gasteiger partial charge in [-0.1, -0.05) is 23.7 Å². The Labute approximate surface area is 93.9 Å². The van der Waals surface area contributed by atoms with Crippen molar-refractivity contribution in [1.82, 2.24) is 0 Å². The lowest BCUT2D eigenvalue weighted by Crippen LogP contribution is -2.29. The molecule has 0 aromatic heterocycles. The average molecular weight is 228 g/mol. The normalized spacial score (nSPS) is 12.4. The Balaban J connectivity index is 2.35. The van der Waals surface area contributed by atoms with Crippen LogP contribution in [0.5, 0.6) is 0 Å². The molecule has 0 fully saturated rings. The molecule has 1 atom stereocenters. The van der Waals surface area contributed by atoms with E-state index in [4.69, 9.17) is 22.4 Å². The van der Waals surface area contributed by atoms with Gasteiger partial charge in [0.2, 0.25) is 0 Å². The van der Waals surface area contributed by atoms with Crippen molar-refractivity contribution < 1.29 is 9.90 Å². The molecule has 0 bridgehead atoms. The van der Waals surface area contributed by atoms with E-state index in [9.17, 15) is 4.79 Å². The van der Waals surface area contributed by atoms with E-state index >= 15 is 0 Å². The zero-order valence-corrected chi connectivity index (χ0v) is 9.07. The monoisotopic (exact) mass is 227 g/mol. The minimum absolute atomic E-state index is 0.488. The second-order valence-corrected chi connectivity index (χ2v) is 3.90. The van der Waals surface area contributed by atoms with E-state index in [0.717, 1.165) is 18.4 Å². The number of hydrogen-bond donors (Lipinski definition) is 2. The summed E-state index contributed by atoms with van der Waals surface area (Å²) in [5.41, 5.74) is 6.50. The van der Waals surface area contributed by atoms with Gasteiger partial charge in [-0.25, -0.2) is 0 Å². The smallest absolute Gasteiger partial charge is 0.320 e. The molecule has 82 valence electrons. The molecule has 3 N–H and O–H groups in total. The Morgan fingerprint density at radius 2 is 2.27 bits per heavy atom. The fourth-order valence-electron chi connectivity index (χ4n) is 1.34. The third-order valence-electron chi connectivity index (χ3n) is 2.19. The number of aryl methyl sites for hydroxylation is 1. The summed E-state index contributed by atoms with van der Waals surface area (Å²) in [6.45, 7) is 0. The number of carboxylic acid groups (broad SMARTS) is 1. The second kappa shape index (κ2) is 5.73. The van der Waals surface area contributed by atoms with Gasteiger partial charge in [-0.15, -0.1) is 0 Å². The largest absolute Gasteiger partial charge is 0.480 e. The maximum Gasteiger partial charge on any atom is 0.320 e. The highest BCUT2D eigenvalue weighted by Gasteiger charge is 2.10. The van der Waals surface area contributed by atoms with Crippen LogP contribution < -0.4 is 5.73 Å². The molecule has 1 aromatic carbocycles. The van der Waals surface area contributed by atoms with Gasteiger partial charge in [0.1, 0.15) is 6.04 Å². The van der Waals surface area contributed by atoms with Crippen LogP contribution in [0.25, 0.3) is 0 Å². The number of benzene rings is 1. The predicted octanol–water partition coefficient (Wildman–Crippen LogP) is 2.07. The van der Waals surface area contributed by atoms with E-state index in [1.807, 2.05) is 24.3 Å². The van der Waals surface area contributed by atoms with Crippen LogP contribution in [0.15, 0.2) is 24.3 Å². The maximum atomic E-state index is 10.4. The minimum Gasteiger partial charge on any atom is -0.480 e. The Hall–Kier alpha value is -1.06. The van der Waals surface area contributed by atoms with Crippen molar-refractivity contribution in [2.45, 2.75) is 25.3 Å². The van der Waals surface area contributed by atoms with Gasteiger partial charge in [-0.3, -0.25) is 4.79 Å². The first-order valence-corrected chi connectivity index (χ1v) is 5.20. The van der Waals surface area contributed by atoms with Crippen LogP contribution in [0.1, 0.15) is 18.4 Å². The third-order valence-corrected chi connectivity index (χ3v) is 2.42. The molecular formula is C11H14ClNO2. The number of carbonyl (C=O) groups is 1. The molecule has 0 aliphatic rings. The number of halogens is 1. The van der Waals surface area contributed by atoms with Crippen molar-refractivity contribution in [2.75, 3.05) is 0 Å². The van der Waals surface area contributed by atoms with Crippen LogP contribution in [-0.4, -0.2) is 17.1 Å². The lowest BCUT2D eigenvalue weighted by atomic mass is 10.1. The molecule has 0 spiro atoms. The SMILES string of the molecule is NC(CCCc1cccc(Cl)c1)C(=O)O. The Morgan fingerprint density at radius 1 is 1.53 bits per heavy atom. The molecule has 15 heavy (non-hydrogen) atoms. The van der Waals surface area contributed by atoms with Crippen LogP contribution in [0.2, 0.25) is 5.02 Å². The standard InChI is InChI=1S/C11H14ClNO2/c12-9-5-1-3-8(7-9)4-2-6-10(13)11(14)15/h1,3,5,7,10H,2,4,6,13H2,(H,14,15). The summed E-state index contributed by atoms with van der Waals surface area (Å²) in [4.78, 5) is 10.4. The number of hydrogen-bond acceptors (Lipinski definition) is 2. The van der Waals surface area contributed by atoms with E-state index in [1.54, 1.807) is 0 Å². The highest BCUT2D eigenvalue weighted by Crippen LogP contribution is 2.13. The van der Waals surface area contributed by atoms with Gasteiger partial charge in [-0.2, -0.15) is 0 Å². The van der Waals surface area contributed by atoms with Gasteiger partial charge in [0, 0.05) is 5.02 Å². The van der Waals surface area contributed by atoms with Gasteiger partial charge in [0.05, 0.1) is 0 Å². The van der Waals surface area contributed by atoms with Crippen molar-refractivity contribution in [2.24, 2.45) is 5.73 Å². The Morgan fingerprint density at radius 3 is 2.87 bits per heavy atom. The van der Waals surface area contributed by atoms with Crippen molar-refractivity contribution >= 4 is 17.6 Å². The molecule has 0 saturated heterocycles. The van der Waals surface area contributed by atoms with Crippen LogP contribution in [0, 0.1) is 0 Å². The highest BCUT2D eigenvalue weighted by molar-refractivity contribution is 6.30. The van der Waals surface area contributed by atoms with E-state index in [2.05, 4.69) is 0 Å². The number of nitrogens with two attached hydrogens (primary N) is 1. The van der Waals surface area contributed by atoms with Crippen molar-refractivity contribution in [3.05, 3.63) is 34.9 Å². The van der Waals surface area contributed by atoms with E-state index < -0.39 is 12.0 Å². The predicted molar refractivity (Wildman–Crippen MR) is 60.0 cm³/mol. The van der Waals surface area contributed by atoms with Gasteiger partial charge < -0.3 is 10.8 Å². The van der Waals surface area contributed by atoms with Gasteiger partial charge in [-0.05, 0) is 37.0 Å². The minimum atomic E-state index is -0.943. The number of carboxylic acids is 1. The maximum absolute atomic E-state index is 10.4. The Bertz CT molecular complexity index is 341. The molecule has 3 nitrogen and oxygen atoms in total. The van der Waals surface area contributed by atoms with Crippen LogP contribution in [-0.2, 0) is 11.2 Å². The fraction of sp³-hybridized carbons (Fsp3) is 0.364. The summed E-state index contributed by atoms with van der Waals surface area (Å²) in [5, 5.41) is 9.28. The molecule has 0 aliphatic heterocycles. The Kier molecular flexibility index (Phi) is 4.59. The van der Waals surface area contributed by atoms with Crippen molar-refractivity contribution in [1.29, 1.82) is 0 Å². The lowest BCUT2D eigenvalue weighted by Gasteiger charge is -2.06. The first kappa shape index (κ1) is 12.0. The molecule has 4 heteroatoms. The molecular weight excluding hydrogens is 214 g/mol. The topological polar surface area (TPSA) is 63.3 Å². The van der Waals surface area contributed by atoms with E-state index in [0.29, 0.717) is 11.4 Å². The molecule has 0 saturated carbocycles. The van der Waals surface area contributed by atoms with Gasteiger partial charge in [0.25, 0.3) is 0 Å². The average Bonchev–Trinajstić information content (AvgIpc) is 2.17. The summed E-state index contributed by atoms with van der Waals surface area (Å²) in [6, 6.07) is 6.79. The summed E-state index contributed by atoms with van der Waals surface area (Å²) in [5.74, 6) is -0.943. The third kappa shape index (κ3) is 4.32. The zero-order valence-electron chi connectivity index (χ0n) is 8.32.